The molecule has 0 unspecified atom stereocenters. The Hall–Kier alpha value is -1.78. The van der Waals surface area contributed by atoms with Crippen molar-refractivity contribution in [3.8, 4) is 0 Å². The maximum Gasteiger partial charge on any atom is 0.243 e. The topological polar surface area (TPSA) is 86.8 Å². The van der Waals surface area contributed by atoms with Gasteiger partial charge in [0.1, 0.15) is 0 Å². The molecule has 7 nitrogen and oxygen atoms in total. The van der Waals surface area contributed by atoms with Crippen molar-refractivity contribution < 1.29 is 16.8 Å². The predicted molar refractivity (Wildman–Crippen MR) is 128 cm³/mol. The van der Waals surface area contributed by atoms with Gasteiger partial charge in [-0.2, -0.15) is 8.61 Å². The highest BCUT2D eigenvalue weighted by Gasteiger charge is 2.30. The van der Waals surface area contributed by atoms with Crippen LogP contribution >= 0.6 is 0 Å². The van der Waals surface area contributed by atoms with E-state index in [0.717, 1.165) is 17.5 Å². The smallest absolute Gasteiger partial charge is 0.243 e. The van der Waals surface area contributed by atoms with Crippen LogP contribution in [-0.4, -0.2) is 70.5 Å². The van der Waals surface area contributed by atoms with E-state index < -0.39 is 20.0 Å². The molecule has 0 aliphatic carbocycles. The van der Waals surface area contributed by atoms with Crippen LogP contribution in [0.4, 0.5) is 0 Å². The van der Waals surface area contributed by atoms with Gasteiger partial charge in [0.15, 0.2) is 0 Å². The van der Waals surface area contributed by atoms with Crippen molar-refractivity contribution in [3.63, 3.8) is 0 Å². The Balaban J connectivity index is 1.78. The van der Waals surface area contributed by atoms with E-state index >= 15 is 0 Å². The van der Waals surface area contributed by atoms with Gasteiger partial charge in [-0.15, -0.1) is 0 Å². The van der Waals surface area contributed by atoms with E-state index in [0.29, 0.717) is 38.2 Å². The highest BCUT2D eigenvalue weighted by Crippen LogP contribution is 2.22. The number of benzene rings is 2. The molecule has 1 aliphatic rings. The summed E-state index contributed by atoms with van der Waals surface area (Å²) in [5.74, 6) is -0.220. The quantitative estimate of drug-likeness (QED) is 0.564. The normalized spacial score (nSPS) is 15.8. The van der Waals surface area contributed by atoms with Crippen LogP contribution in [0.3, 0.4) is 0 Å². The number of rotatable bonds is 10. The van der Waals surface area contributed by atoms with Crippen LogP contribution in [0.5, 0.6) is 0 Å². The molecule has 1 fully saturated rings. The van der Waals surface area contributed by atoms with Gasteiger partial charge in [-0.05, 0) is 43.9 Å². The molecule has 1 saturated heterocycles. The van der Waals surface area contributed by atoms with Crippen LogP contribution in [0.2, 0.25) is 0 Å². The minimum absolute atomic E-state index is 0.0588. The third kappa shape index (κ3) is 6.39. The van der Waals surface area contributed by atoms with Crippen LogP contribution in [0, 0.1) is 13.8 Å². The summed E-state index contributed by atoms with van der Waals surface area (Å²) in [5.41, 5.74) is 2.78. The van der Waals surface area contributed by atoms with Crippen LogP contribution in [0.15, 0.2) is 53.4 Å². The van der Waals surface area contributed by atoms with Gasteiger partial charge in [0.05, 0.1) is 10.6 Å². The van der Waals surface area contributed by atoms with Crippen LogP contribution in [0.1, 0.15) is 23.1 Å². The highest BCUT2D eigenvalue weighted by atomic mass is 32.2. The highest BCUT2D eigenvalue weighted by molar-refractivity contribution is 7.90. The number of piperazine rings is 1. The number of nitrogens with zero attached hydrogens (tertiary/aromatic N) is 2. The predicted octanol–water partition coefficient (Wildman–Crippen LogP) is 2.16. The summed E-state index contributed by atoms with van der Waals surface area (Å²) in [6.45, 7) is 5.96. The van der Waals surface area contributed by atoms with Crippen LogP contribution in [-0.2, 0) is 26.5 Å². The third-order valence-corrected chi connectivity index (χ3v) is 9.64. The molecule has 0 bridgehead atoms. The summed E-state index contributed by atoms with van der Waals surface area (Å²) in [7, 11) is -7.35. The molecule has 0 amide bonds. The molecule has 0 atom stereocenters. The van der Waals surface area contributed by atoms with E-state index in [1.54, 1.807) is 19.1 Å². The summed E-state index contributed by atoms with van der Waals surface area (Å²) in [4.78, 5) is 0.238. The number of hydrogen-bond donors (Lipinski definition) is 1. The molecule has 0 aromatic heterocycles. The van der Waals surface area contributed by atoms with Crippen LogP contribution in [0.25, 0.3) is 0 Å². The standard InChI is InChI=1S/C23H33N3O4S2/c1-20-10-11-23(21(2)19-20)32(29,30)26(14-6-9-22-7-4-3-5-8-22)17-18-31(27,28)25-15-12-24-13-16-25/h3-5,7-8,10-11,19,24H,6,9,12-18H2,1-2H3. The Labute approximate surface area is 192 Å². The number of aryl methyl sites for hydroxylation is 3. The van der Waals surface area contributed by atoms with Crippen molar-refractivity contribution in [1.82, 2.24) is 13.9 Å². The maximum absolute atomic E-state index is 13.5. The van der Waals surface area contributed by atoms with E-state index in [2.05, 4.69) is 5.32 Å². The lowest BCUT2D eigenvalue weighted by molar-refractivity contribution is 0.355. The minimum Gasteiger partial charge on any atom is -0.314 e. The number of nitrogens with one attached hydrogen (secondary N) is 1. The zero-order chi connectivity index (χ0) is 23.2. The molecule has 1 heterocycles. The van der Waals surface area contributed by atoms with Crippen LogP contribution < -0.4 is 5.32 Å². The van der Waals surface area contributed by atoms with E-state index in [1.807, 2.05) is 43.3 Å². The van der Waals surface area contributed by atoms with Crippen molar-refractivity contribution in [2.45, 2.75) is 31.6 Å². The number of sulfonamides is 2. The first-order chi connectivity index (χ1) is 15.2. The molecule has 3 rings (SSSR count). The largest absolute Gasteiger partial charge is 0.314 e. The van der Waals surface area contributed by atoms with Gasteiger partial charge in [0.2, 0.25) is 20.0 Å². The molecule has 2 aromatic rings. The summed E-state index contributed by atoms with van der Waals surface area (Å²) < 4.78 is 55.5. The second-order valence-corrected chi connectivity index (χ2v) is 12.2. The average molecular weight is 480 g/mol. The first-order valence-corrected chi connectivity index (χ1v) is 14.0. The van der Waals surface area contributed by atoms with E-state index in [4.69, 9.17) is 0 Å². The molecule has 32 heavy (non-hydrogen) atoms. The van der Waals surface area contributed by atoms with Crippen molar-refractivity contribution in [2.24, 2.45) is 0 Å². The Kier molecular flexibility index (Phi) is 8.46. The third-order valence-electron chi connectivity index (χ3n) is 5.73. The molecule has 0 radical (unpaired) electrons. The first-order valence-electron chi connectivity index (χ1n) is 11.0. The summed E-state index contributed by atoms with van der Waals surface area (Å²) in [5, 5.41) is 3.14. The lowest BCUT2D eigenvalue weighted by Gasteiger charge is -2.28. The molecule has 0 spiro atoms. The number of hydrogen-bond acceptors (Lipinski definition) is 5. The van der Waals surface area contributed by atoms with Crippen molar-refractivity contribution in [1.29, 1.82) is 0 Å². The lowest BCUT2D eigenvalue weighted by Crippen LogP contribution is -2.48. The van der Waals surface area contributed by atoms with E-state index in [1.165, 1.54) is 8.61 Å². The van der Waals surface area contributed by atoms with Gasteiger partial charge in [0.25, 0.3) is 0 Å². The monoisotopic (exact) mass is 479 g/mol. The molecule has 2 aromatic carbocycles. The van der Waals surface area contributed by atoms with Gasteiger partial charge in [-0.3, -0.25) is 0 Å². The Morgan fingerprint density at radius 2 is 1.62 bits per heavy atom. The molecule has 1 N–H and O–H groups in total. The molecular weight excluding hydrogens is 446 g/mol. The first kappa shape index (κ1) is 24.9. The minimum atomic E-state index is -3.82. The van der Waals surface area contributed by atoms with Crippen molar-refractivity contribution >= 4 is 20.0 Å². The summed E-state index contributed by atoms with van der Waals surface area (Å²) >= 11 is 0. The lowest BCUT2D eigenvalue weighted by atomic mass is 10.1. The van der Waals surface area contributed by atoms with E-state index in [9.17, 15) is 16.8 Å². The molecule has 1 aliphatic heterocycles. The molecule has 176 valence electrons. The molecule has 0 saturated carbocycles. The fourth-order valence-corrected chi connectivity index (χ4v) is 7.20. The SMILES string of the molecule is Cc1ccc(S(=O)(=O)N(CCCc2ccccc2)CCS(=O)(=O)N2CCNCC2)c(C)c1. The van der Waals surface area contributed by atoms with Crippen molar-refractivity contribution in [3.05, 3.63) is 65.2 Å². The summed E-state index contributed by atoms with van der Waals surface area (Å²) in [6.07, 6.45) is 1.34. The van der Waals surface area contributed by atoms with Gasteiger partial charge < -0.3 is 5.32 Å². The van der Waals surface area contributed by atoms with E-state index in [-0.39, 0.29) is 23.7 Å². The molecule has 9 heteroatoms. The Bertz CT molecular complexity index is 1100. The van der Waals surface area contributed by atoms with Crippen molar-refractivity contribution in [2.75, 3.05) is 45.0 Å². The Morgan fingerprint density at radius 1 is 0.938 bits per heavy atom. The molecular formula is C23H33N3O4S2. The Morgan fingerprint density at radius 3 is 2.28 bits per heavy atom. The average Bonchev–Trinajstić information content (AvgIpc) is 2.77. The second kappa shape index (κ2) is 10.9. The zero-order valence-electron chi connectivity index (χ0n) is 18.8. The summed E-state index contributed by atoms with van der Waals surface area (Å²) in [6, 6.07) is 15.1. The van der Waals surface area contributed by atoms with Gasteiger partial charge in [-0.25, -0.2) is 16.8 Å². The van der Waals surface area contributed by atoms with Gasteiger partial charge in [-0.1, -0.05) is 48.0 Å². The fourth-order valence-electron chi connectivity index (χ4n) is 3.95. The second-order valence-electron chi connectivity index (χ2n) is 8.23. The van der Waals surface area contributed by atoms with Gasteiger partial charge >= 0.3 is 0 Å². The fraction of sp³-hybridized carbons (Fsp3) is 0.478. The maximum atomic E-state index is 13.5. The van der Waals surface area contributed by atoms with Gasteiger partial charge in [0, 0.05) is 39.3 Å². The zero-order valence-corrected chi connectivity index (χ0v) is 20.5.